The number of nitrogens with zero attached hydrogens (tertiary/aromatic N) is 2. The summed E-state index contributed by atoms with van der Waals surface area (Å²) in [6.07, 6.45) is 1.77. The Balaban J connectivity index is 2.84. The molecule has 1 aromatic rings. The summed E-state index contributed by atoms with van der Waals surface area (Å²) in [4.78, 5) is 39.3. The number of allylic oxidation sites excluding steroid dienone is 2. The van der Waals surface area contributed by atoms with Gasteiger partial charge < -0.3 is 14.4 Å². The van der Waals surface area contributed by atoms with Crippen LogP contribution in [0.1, 0.15) is 58.9 Å². The minimum absolute atomic E-state index is 0.144. The van der Waals surface area contributed by atoms with E-state index in [9.17, 15) is 19.7 Å². The van der Waals surface area contributed by atoms with Gasteiger partial charge in [0.1, 0.15) is 0 Å². The van der Waals surface area contributed by atoms with Crippen LogP contribution in [-0.4, -0.2) is 41.5 Å². The summed E-state index contributed by atoms with van der Waals surface area (Å²) in [5.74, 6) is -2.16. The number of carbonyl (C=O) groups is 2. The van der Waals surface area contributed by atoms with Gasteiger partial charge in [-0.1, -0.05) is 31.5 Å². The zero-order valence-electron chi connectivity index (χ0n) is 18.8. The molecule has 0 unspecified atom stereocenters. The van der Waals surface area contributed by atoms with Gasteiger partial charge in [-0.15, -0.1) is 0 Å². The highest BCUT2D eigenvalue weighted by Crippen LogP contribution is 2.45. The van der Waals surface area contributed by atoms with E-state index in [1.54, 1.807) is 45.9 Å². The molecule has 1 aliphatic heterocycles. The molecule has 0 bridgehead atoms. The summed E-state index contributed by atoms with van der Waals surface area (Å²) in [7, 11) is 0. The summed E-state index contributed by atoms with van der Waals surface area (Å²) >= 11 is 0. The zero-order valence-corrected chi connectivity index (χ0v) is 18.8. The number of para-hydroxylation sites is 1. The average Bonchev–Trinajstić information content (AvgIpc) is 2.73. The minimum atomic E-state index is -0.961. The largest absolute Gasteiger partial charge is 0.463 e. The predicted octanol–water partition coefficient (Wildman–Crippen LogP) is 4.47. The van der Waals surface area contributed by atoms with Gasteiger partial charge in [-0.05, 0) is 34.1 Å². The molecule has 1 aliphatic rings. The van der Waals surface area contributed by atoms with Gasteiger partial charge in [-0.3, -0.25) is 10.1 Å². The molecule has 0 saturated heterocycles. The van der Waals surface area contributed by atoms with Gasteiger partial charge in [0.15, 0.2) is 0 Å². The molecule has 8 nitrogen and oxygen atoms in total. The maximum atomic E-state index is 13.1. The van der Waals surface area contributed by atoms with Crippen LogP contribution >= 0.6 is 0 Å². The number of nitro groups is 1. The molecule has 0 aromatic heterocycles. The molecule has 1 heterocycles. The number of rotatable bonds is 9. The fourth-order valence-electron chi connectivity index (χ4n) is 3.91. The van der Waals surface area contributed by atoms with E-state index in [1.165, 1.54) is 6.07 Å². The summed E-state index contributed by atoms with van der Waals surface area (Å²) in [6, 6.07) is 6.15. The molecule has 1 aromatic carbocycles. The molecular formula is C23H30N2O6. The molecule has 0 fully saturated rings. The van der Waals surface area contributed by atoms with Gasteiger partial charge >= 0.3 is 11.9 Å². The Morgan fingerprint density at radius 1 is 1.00 bits per heavy atom. The first kappa shape index (κ1) is 24.1. The molecule has 0 aliphatic carbocycles. The standard InChI is InChI=1S/C23H30N2O6/c1-6-9-14-24-15(4)19(22(26)30-7-2)21(20(16(24)5)23(27)31-8-3)17-12-10-11-13-18(17)25(28)29/h10-13,21H,6-9,14H2,1-5H3. The number of hydrogen-bond acceptors (Lipinski definition) is 7. The number of carbonyl (C=O) groups excluding carboxylic acids is 2. The second-order valence-corrected chi connectivity index (χ2v) is 7.19. The topological polar surface area (TPSA) is 99.0 Å². The van der Waals surface area contributed by atoms with Crippen LogP contribution in [0.15, 0.2) is 46.8 Å². The highest BCUT2D eigenvalue weighted by Gasteiger charge is 2.42. The van der Waals surface area contributed by atoms with E-state index in [4.69, 9.17) is 9.47 Å². The van der Waals surface area contributed by atoms with E-state index in [1.807, 2.05) is 4.90 Å². The lowest BCUT2D eigenvalue weighted by Crippen LogP contribution is -2.36. The average molecular weight is 431 g/mol. The van der Waals surface area contributed by atoms with Crippen molar-refractivity contribution in [3.8, 4) is 0 Å². The third kappa shape index (κ3) is 4.95. The summed E-state index contributed by atoms with van der Waals surface area (Å²) < 4.78 is 10.6. The SMILES string of the molecule is CCCCN1C(C)=C(C(=O)OCC)C(c2ccccc2[N+](=O)[O-])C(C(=O)OCC)=C1C. The first-order valence-corrected chi connectivity index (χ1v) is 10.6. The van der Waals surface area contributed by atoms with Crippen molar-refractivity contribution in [2.75, 3.05) is 19.8 Å². The van der Waals surface area contributed by atoms with E-state index in [-0.39, 0.29) is 35.6 Å². The van der Waals surface area contributed by atoms with Crippen LogP contribution in [0.5, 0.6) is 0 Å². The van der Waals surface area contributed by atoms with Crippen LogP contribution in [0.2, 0.25) is 0 Å². The van der Waals surface area contributed by atoms with Crippen molar-refractivity contribution in [2.24, 2.45) is 0 Å². The summed E-state index contributed by atoms with van der Waals surface area (Å²) in [5, 5.41) is 11.8. The molecule has 8 heteroatoms. The second kappa shape index (κ2) is 10.7. The maximum absolute atomic E-state index is 13.1. The Morgan fingerprint density at radius 2 is 1.52 bits per heavy atom. The lowest BCUT2D eigenvalue weighted by atomic mass is 9.79. The van der Waals surface area contributed by atoms with Crippen LogP contribution < -0.4 is 0 Å². The third-order valence-corrected chi connectivity index (χ3v) is 5.34. The number of unbranched alkanes of at least 4 members (excludes halogenated alkanes) is 1. The summed E-state index contributed by atoms with van der Waals surface area (Å²) in [6.45, 7) is 9.90. The van der Waals surface area contributed by atoms with Crippen molar-refractivity contribution in [2.45, 2.75) is 53.4 Å². The van der Waals surface area contributed by atoms with Crippen LogP contribution in [0.25, 0.3) is 0 Å². The fourth-order valence-corrected chi connectivity index (χ4v) is 3.91. The molecular weight excluding hydrogens is 400 g/mol. The number of nitro benzene ring substituents is 1. The number of benzene rings is 1. The van der Waals surface area contributed by atoms with Crippen LogP contribution in [0, 0.1) is 10.1 Å². The normalized spacial score (nSPS) is 14.7. The van der Waals surface area contributed by atoms with Crippen molar-refractivity contribution >= 4 is 17.6 Å². The van der Waals surface area contributed by atoms with Gasteiger partial charge in [0.05, 0.1) is 35.2 Å². The van der Waals surface area contributed by atoms with Crippen molar-refractivity contribution in [3.05, 3.63) is 62.5 Å². The molecule has 0 radical (unpaired) electrons. The Bertz CT molecular complexity index is 876. The monoisotopic (exact) mass is 430 g/mol. The zero-order chi connectivity index (χ0) is 23.1. The first-order chi connectivity index (χ1) is 14.8. The van der Waals surface area contributed by atoms with E-state index in [0.717, 1.165) is 12.8 Å². The van der Waals surface area contributed by atoms with E-state index < -0.39 is 22.8 Å². The number of esters is 2. The number of ether oxygens (including phenoxy) is 2. The molecule has 0 saturated carbocycles. The maximum Gasteiger partial charge on any atom is 0.336 e. The minimum Gasteiger partial charge on any atom is -0.463 e. The Labute approximate surface area is 182 Å². The molecule has 0 N–H and O–H groups in total. The smallest absolute Gasteiger partial charge is 0.336 e. The molecule has 0 amide bonds. The van der Waals surface area contributed by atoms with Gasteiger partial charge in [-0.25, -0.2) is 9.59 Å². The van der Waals surface area contributed by atoms with Gasteiger partial charge in [0, 0.05) is 29.6 Å². The second-order valence-electron chi connectivity index (χ2n) is 7.19. The predicted molar refractivity (Wildman–Crippen MR) is 116 cm³/mol. The van der Waals surface area contributed by atoms with Crippen LogP contribution in [0.3, 0.4) is 0 Å². The van der Waals surface area contributed by atoms with Gasteiger partial charge in [-0.2, -0.15) is 0 Å². The van der Waals surface area contributed by atoms with E-state index in [0.29, 0.717) is 17.9 Å². The first-order valence-electron chi connectivity index (χ1n) is 10.6. The van der Waals surface area contributed by atoms with E-state index >= 15 is 0 Å². The Kier molecular flexibility index (Phi) is 8.36. The van der Waals surface area contributed by atoms with Crippen LogP contribution in [-0.2, 0) is 19.1 Å². The highest BCUT2D eigenvalue weighted by molar-refractivity contribution is 6.00. The molecule has 2 rings (SSSR count). The van der Waals surface area contributed by atoms with Crippen molar-refractivity contribution < 1.29 is 24.0 Å². The molecule has 0 atom stereocenters. The molecule has 31 heavy (non-hydrogen) atoms. The fraction of sp³-hybridized carbons (Fsp3) is 0.478. The Hall–Kier alpha value is -3.16. The Morgan fingerprint density at radius 3 is 1.97 bits per heavy atom. The van der Waals surface area contributed by atoms with E-state index in [2.05, 4.69) is 6.92 Å². The van der Waals surface area contributed by atoms with Crippen molar-refractivity contribution in [1.82, 2.24) is 4.90 Å². The quantitative estimate of drug-likeness (QED) is 0.324. The van der Waals surface area contributed by atoms with Crippen molar-refractivity contribution in [3.63, 3.8) is 0 Å². The van der Waals surface area contributed by atoms with Crippen LogP contribution in [0.4, 0.5) is 5.69 Å². The lowest BCUT2D eigenvalue weighted by Gasteiger charge is -2.37. The molecule has 0 spiro atoms. The number of hydrogen-bond donors (Lipinski definition) is 0. The summed E-state index contributed by atoms with van der Waals surface area (Å²) in [5.41, 5.74) is 1.79. The molecule has 168 valence electrons. The highest BCUT2D eigenvalue weighted by atomic mass is 16.6. The van der Waals surface area contributed by atoms with Gasteiger partial charge in [0.2, 0.25) is 0 Å². The van der Waals surface area contributed by atoms with Gasteiger partial charge in [0.25, 0.3) is 5.69 Å². The third-order valence-electron chi connectivity index (χ3n) is 5.34. The van der Waals surface area contributed by atoms with Crippen molar-refractivity contribution in [1.29, 1.82) is 0 Å². The lowest BCUT2D eigenvalue weighted by molar-refractivity contribution is -0.385.